The molecule has 0 aromatic rings. The number of nitrogens with two attached hydrogens (primary N) is 1. The Kier molecular flexibility index (Phi) is 4.44. The van der Waals surface area contributed by atoms with Gasteiger partial charge in [0.2, 0.25) is 5.91 Å². The maximum atomic E-state index is 12.5. The highest BCUT2D eigenvalue weighted by Crippen LogP contribution is 2.37. The average Bonchev–Trinajstić information content (AvgIpc) is 2.11. The third kappa shape index (κ3) is 3.61. The van der Waals surface area contributed by atoms with Gasteiger partial charge < -0.3 is 11.1 Å². The fourth-order valence-electron chi connectivity index (χ4n) is 0.687. The van der Waals surface area contributed by atoms with Crippen molar-refractivity contribution in [2.24, 2.45) is 5.73 Å². The van der Waals surface area contributed by atoms with Gasteiger partial charge in [-0.1, -0.05) is 6.92 Å². The molecule has 1 unspecified atom stereocenters. The van der Waals surface area contributed by atoms with E-state index in [0.29, 0.717) is 0 Å². The molecule has 0 fully saturated rings. The first-order chi connectivity index (χ1) is 6.63. The predicted octanol–water partition coefficient (Wildman–Crippen LogP) is 1.04. The third-order valence-electron chi connectivity index (χ3n) is 1.68. The summed E-state index contributed by atoms with van der Waals surface area (Å²) in [6, 6.07) is -2.48. The van der Waals surface area contributed by atoms with Gasteiger partial charge in [-0.2, -0.15) is 22.0 Å². The number of nitrogens with one attached hydrogen (secondary N) is 1. The Bertz CT molecular complexity index is 228. The van der Waals surface area contributed by atoms with Crippen LogP contribution in [0.5, 0.6) is 0 Å². The number of rotatable bonds is 4. The van der Waals surface area contributed by atoms with E-state index in [9.17, 15) is 26.7 Å². The summed E-state index contributed by atoms with van der Waals surface area (Å²) < 4.78 is 60.2. The van der Waals surface area contributed by atoms with Crippen molar-refractivity contribution in [2.75, 3.05) is 6.54 Å². The van der Waals surface area contributed by atoms with Gasteiger partial charge in [-0.25, -0.2) is 0 Å². The standard InChI is InChI=1S/C7H11F5N2O/c1-2-5(15)14-3-4(13)6(8,9)7(10,11)12/h4H,2-3,13H2,1H3,(H,14,15). The van der Waals surface area contributed by atoms with E-state index < -0.39 is 30.6 Å². The molecule has 0 bridgehead atoms. The Hall–Kier alpha value is -0.920. The first kappa shape index (κ1) is 14.1. The number of hydrogen-bond acceptors (Lipinski definition) is 2. The number of carbonyl (C=O) groups excluding carboxylic acids is 1. The van der Waals surface area contributed by atoms with Crippen molar-refractivity contribution < 1.29 is 26.7 Å². The highest BCUT2D eigenvalue weighted by Gasteiger charge is 2.61. The quantitative estimate of drug-likeness (QED) is 0.714. The summed E-state index contributed by atoms with van der Waals surface area (Å²) >= 11 is 0. The zero-order valence-corrected chi connectivity index (χ0v) is 7.87. The summed E-state index contributed by atoms with van der Waals surface area (Å²) in [5, 5.41) is 1.87. The molecule has 0 aromatic heterocycles. The minimum atomic E-state index is -5.71. The molecular weight excluding hydrogens is 223 g/mol. The topological polar surface area (TPSA) is 55.1 Å². The van der Waals surface area contributed by atoms with Crippen LogP contribution in [0.15, 0.2) is 0 Å². The molecule has 8 heteroatoms. The van der Waals surface area contributed by atoms with Gasteiger partial charge in [-0.15, -0.1) is 0 Å². The second kappa shape index (κ2) is 4.73. The van der Waals surface area contributed by atoms with Gasteiger partial charge in [-0.3, -0.25) is 4.79 Å². The smallest absolute Gasteiger partial charge is 0.354 e. The minimum absolute atomic E-state index is 0.00961. The van der Waals surface area contributed by atoms with Crippen LogP contribution >= 0.6 is 0 Å². The number of amides is 1. The maximum Gasteiger partial charge on any atom is 0.455 e. The second-order valence-corrected chi connectivity index (χ2v) is 2.88. The molecule has 0 radical (unpaired) electrons. The minimum Gasteiger partial charge on any atom is -0.354 e. The molecule has 0 spiro atoms. The van der Waals surface area contributed by atoms with Crippen LogP contribution < -0.4 is 11.1 Å². The van der Waals surface area contributed by atoms with Gasteiger partial charge in [0.15, 0.2) is 0 Å². The van der Waals surface area contributed by atoms with Crippen molar-refractivity contribution in [1.29, 1.82) is 0 Å². The van der Waals surface area contributed by atoms with Gasteiger partial charge in [0.25, 0.3) is 0 Å². The number of alkyl halides is 5. The highest BCUT2D eigenvalue weighted by atomic mass is 19.4. The molecule has 0 saturated carbocycles. The molecule has 0 heterocycles. The van der Waals surface area contributed by atoms with Crippen LogP contribution in [0.25, 0.3) is 0 Å². The Morgan fingerprint density at radius 3 is 2.13 bits per heavy atom. The van der Waals surface area contributed by atoms with E-state index in [2.05, 4.69) is 5.73 Å². The third-order valence-corrected chi connectivity index (χ3v) is 1.68. The van der Waals surface area contributed by atoms with E-state index in [0.717, 1.165) is 0 Å². The summed E-state index contributed by atoms with van der Waals surface area (Å²) in [6.45, 7) is 0.516. The summed E-state index contributed by atoms with van der Waals surface area (Å²) in [5.41, 5.74) is 4.66. The van der Waals surface area contributed by atoms with Crippen LogP contribution in [0.3, 0.4) is 0 Å². The van der Waals surface area contributed by atoms with E-state index in [1.807, 2.05) is 5.32 Å². The Labute approximate surface area is 82.8 Å². The van der Waals surface area contributed by atoms with Gasteiger partial charge >= 0.3 is 12.1 Å². The number of carbonyl (C=O) groups is 1. The van der Waals surface area contributed by atoms with E-state index in [1.54, 1.807) is 0 Å². The molecule has 1 atom stereocenters. The molecule has 0 aliphatic rings. The molecular formula is C7H11F5N2O. The van der Waals surface area contributed by atoms with Gasteiger partial charge in [0.1, 0.15) is 0 Å². The van der Waals surface area contributed by atoms with Crippen LogP contribution in [0, 0.1) is 0 Å². The lowest BCUT2D eigenvalue weighted by molar-refractivity contribution is -0.289. The van der Waals surface area contributed by atoms with Crippen LogP contribution in [0.4, 0.5) is 22.0 Å². The predicted molar refractivity (Wildman–Crippen MR) is 42.3 cm³/mol. The van der Waals surface area contributed by atoms with Gasteiger partial charge in [-0.05, 0) is 0 Å². The zero-order valence-electron chi connectivity index (χ0n) is 7.87. The molecule has 0 aliphatic heterocycles. The maximum absolute atomic E-state index is 12.5. The molecule has 1 amide bonds. The summed E-state index contributed by atoms with van der Waals surface area (Å²) in [7, 11) is 0. The Morgan fingerprint density at radius 2 is 1.80 bits per heavy atom. The number of halogens is 5. The average molecular weight is 234 g/mol. The summed E-state index contributed by atoms with van der Waals surface area (Å²) in [6.07, 6.45) is -5.71. The molecule has 0 aliphatic carbocycles. The summed E-state index contributed by atoms with van der Waals surface area (Å²) in [5.74, 6) is -5.64. The van der Waals surface area contributed by atoms with Crippen molar-refractivity contribution in [2.45, 2.75) is 31.5 Å². The zero-order chi connectivity index (χ0) is 12.3. The van der Waals surface area contributed by atoms with E-state index in [4.69, 9.17) is 0 Å². The van der Waals surface area contributed by atoms with Crippen molar-refractivity contribution in [1.82, 2.24) is 5.32 Å². The van der Waals surface area contributed by atoms with Crippen LogP contribution in [-0.4, -0.2) is 30.6 Å². The van der Waals surface area contributed by atoms with Crippen LogP contribution in [-0.2, 0) is 4.79 Å². The van der Waals surface area contributed by atoms with Crippen LogP contribution in [0.1, 0.15) is 13.3 Å². The van der Waals surface area contributed by atoms with Crippen molar-refractivity contribution in [3.05, 3.63) is 0 Å². The SMILES string of the molecule is CCC(=O)NCC(N)C(F)(F)C(F)(F)F. The first-order valence-corrected chi connectivity index (χ1v) is 4.09. The largest absolute Gasteiger partial charge is 0.455 e. The van der Waals surface area contributed by atoms with Gasteiger partial charge in [0.05, 0.1) is 6.04 Å². The van der Waals surface area contributed by atoms with Crippen LogP contribution in [0.2, 0.25) is 0 Å². The lowest BCUT2D eigenvalue weighted by Crippen LogP contribution is -2.56. The molecule has 0 aromatic carbocycles. The fourth-order valence-corrected chi connectivity index (χ4v) is 0.687. The molecule has 3 nitrogen and oxygen atoms in total. The number of hydrogen-bond donors (Lipinski definition) is 2. The van der Waals surface area contributed by atoms with E-state index in [1.165, 1.54) is 6.92 Å². The Morgan fingerprint density at radius 1 is 1.33 bits per heavy atom. The Balaban J connectivity index is 4.32. The van der Waals surface area contributed by atoms with E-state index >= 15 is 0 Å². The lowest BCUT2D eigenvalue weighted by atomic mass is 10.1. The second-order valence-electron chi connectivity index (χ2n) is 2.88. The monoisotopic (exact) mass is 234 g/mol. The van der Waals surface area contributed by atoms with Crippen molar-refractivity contribution in [3.63, 3.8) is 0 Å². The van der Waals surface area contributed by atoms with Gasteiger partial charge in [0, 0.05) is 13.0 Å². The highest BCUT2D eigenvalue weighted by molar-refractivity contribution is 5.75. The first-order valence-electron chi connectivity index (χ1n) is 4.09. The van der Waals surface area contributed by atoms with Crippen molar-refractivity contribution >= 4 is 5.91 Å². The fraction of sp³-hybridized carbons (Fsp3) is 0.857. The molecule has 15 heavy (non-hydrogen) atoms. The normalized spacial score (nSPS) is 14.9. The van der Waals surface area contributed by atoms with Crippen molar-refractivity contribution in [3.8, 4) is 0 Å². The molecule has 0 saturated heterocycles. The molecule has 0 rings (SSSR count). The van der Waals surface area contributed by atoms with E-state index in [-0.39, 0.29) is 6.42 Å². The summed E-state index contributed by atoms with van der Waals surface area (Å²) in [4.78, 5) is 10.6. The molecule has 90 valence electrons. The lowest BCUT2D eigenvalue weighted by Gasteiger charge is -2.25. The molecule has 3 N–H and O–H groups in total.